The Labute approximate surface area is 85.4 Å². The lowest BCUT2D eigenvalue weighted by Gasteiger charge is -1.94. The molecular formula is C9H7ClN2S. The van der Waals surface area contributed by atoms with E-state index in [1.54, 1.807) is 6.20 Å². The fraction of sp³-hybridized carbons (Fsp3) is 0.111. The molecule has 2 aromatic heterocycles. The first-order valence-electron chi connectivity index (χ1n) is 3.82. The molecule has 0 atom stereocenters. The molecule has 0 aromatic carbocycles. The smallest absolute Gasteiger partial charge is 0.121 e. The van der Waals surface area contributed by atoms with Crippen molar-refractivity contribution in [3.8, 4) is 11.4 Å². The highest BCUT2D eigenvalue weighted by atomic mass is 35.5. The lowest BCUT2D eigenvalue weighted by atomic mass is 10.2. The molecule has 0 fully saturated rings. The summed E-state index contributed by atoms with van der Waals surface area (Å²) in [5, 5.41) is 0.712. The average Bonchev–Trinajstić information content (AvgIpc) is 2.49. The van der Waals surface area contributed by atoms with Gasteiger partial charge in [-0.15, -0.1) is 0 Å². The Bertz CT molecular complexity index is 411. The second kappa shape index (κ2) is 3.44. The highest BCUT2D eigenvalue weighted by molar-refractivity contribution is 7.06. The van der Waals surface area contributed by atoms with Crippen LogP contribution in [0.4, 0.5) is 0 Å². The molecule has 0 spiro atoms. The first-order valence-corrected chi connectivity index (χ1v) is 4.97. The van der Waals surface area contributed by atoms with Gasteiger partial charge in [-0.2, -0.15) is 4.37 Å². The van der Waals surface area contributed by atoms with Gasteiger partial charge in [-0.1, -0.05) is 17.7 Å². The van der Waals surface area contributed by atoms with Crippen LogP contribution in [0, 0.1) is 6.92 Å². The SMILES string of the molecule is Cc1snc(-c2ccccn2)c1Cl. The van der Waals surface area contributed by atoms with Gasteiger partial charge in [-0.3, -0.25) is 4.98 Å². The highest BCUT2D eigenvalue weighted by Gasteiger charge is 2.10. The van der Waals surface area contributed by atoms with Gasteiger partial charge in [0.2, 0.25) is 0 Å². The van der Waals surface area contributed by atoms with Gasteiger partial charge in [0.15, 0.2) is 0 Å². The van der Waals surface area contributed by atoms with Crippen molar-refractivity contribution in [2.24, 2.45) is 0 Å². The highest BCUT2D eigenvalue weighted by Crippen LogP contribution is 2.30. The van der Waals surface area contributed by atoms with Crippen LogP contribution in [-0.4, -0.2) is 9.36 Å². The van der Waals surface area contributed by atoms with Crippen LogP contribution in [0.25, 0.3) is 11.4 Å². The summed E-state index contributed by atoms with van der Waals surface area (Å²) in [6.07, 6.45) is 1.74. The molecule has 0 radical (unpaired) electrons. The Hall–Kier alpha value is -0.930. The van der Waals surface area contributed by atoms with Crippen LogP contribution < -0.4 is 0 Å². The number of nitrogens with zero attached hydrogens (tertiary/aromatic N) is 2. The van der Waals surface area contributed by atoms with E-state index in [4.69, 9.17) is 11.6 Å². The normalized spacial score (nSPS) is 10.3. The molecule has 0 aliphatic rings. The van der Waals surface area contributed by atoms with Crippen LogP contribution in [-0.2, 0) is 0 Å². The van der Waals surface area contributed by atoms with Crippen LogP contribution in [0.3, 0.4) is 0 Å². The zero-order chi connectivity index (χ0) is 9.26. The molecule has 0 saturated heterocycles. The summed E-state index contributed by atoms with van der Waals surface area (Å²) < 4.78 is 4.23. The topological polar surface area (TPSA) is 25.8 Å². The molecule has 0 aliphatic heterocycles. The summed E-state index contributed by atoms with van der Waals surface area (Å²) in [4.78, 5) is 5.21. The van der Waals surface area contributed by atoms with E-state index >= 15 is 0 Å². The average molecular weight is 211 g/mol. The van der Waals surface area contributed by atoms with Crippen molar-refractivity contribution in [1.82, 2.24) is 9.36 Å². The molecule has 2 rings (SSSR count). The van der Waals surface area contributed by atoms with Crippen molar-refractivity contribution in [3.05, 3.63) is 34.3 Å². The van der Waals surface area contributed by atoms with Crippen LogP contribution in [0.15, 0.2) is 24.4 Å². The van der Waals surface area contributed by atoms with Crippen LogP contribution in [0.1, 0.15) is 4.88 Å². The summed E-state index contributed by atoms with van der Waals surface area (Å²) >= 11 is 7.46. The van der Waals surface area contributed by atoms with Gasteiger partial charge in [0, 0.05) is 11.1 Å². The van der Waals surface area contributed by atoms with E-state index in [-0.39, 0.29) is 0 Å². The van der Waals surface area contributed by atoms with Gasteiger partial charge in [0.05, 0.1) is 10.7 Å². The zero-order valence-electron chi connectivity index (χ0n) is 6.99. The molecule has 66 valence electrons. The number of hydrogen-bond acceptors (Lipinski definition) is 3. The predicted octanol–water partition coefficient (Wildman–Crippen LogP) is 3.17. The maximum absolute atomic E-state index is 6.05. The summed E-state index contributed by atoms with van der Waals surface area (Å²) in [6.45, 7) is 1.95. The fourth-order valence-electron chi connectivity index (χ4n) is 1.02. The van der Waals surface area contributed by atoms with Crippen molar-refractivity contribution < 1.29 is 0 Å². The first kappa shape index (κ1) is 8.66. The maximum atomic E-state index is 6.05. The molecule has 2 nitrogen and oxygen atoms in total. The minimum atomic E-state index is 0.712. The molecule has 2 aromatic rings. The van der Waals surface area contributed by atoms with Crippen molar-refractivity contribution in [2.45, 2.75) is 6.92 Å². The van der Waals surface area contributed by atoms with Crippen LogP contribution >= 0.6 is 23.1 Å². The van der Waals surface area contributed by atoms with E-state index in [2.05, 4.69) is 9.36 Å². The summed E-state index contributed by atoms with van der Waals surface area (Å²) in [5.74, 6) is 0. The first-order chi connectivity index (χ1) is 6.29. The number of rotatable bonds is 1. The molecule has 0 N–H and O–H groups in total. The van der Waals surface area contributed by atoms with E-state index in [1.165, 1.54) is 11.5 Å². The summed E-state index contributed by atoms with van der Waals surface area (Å²) in [6, 6.07) is 5.70. The van der Waals surface area contributed by atoms with Crippen molar-refractivity contribution >= 4 is 23.1 Å². The lowest BCUT2D eigenvalue weighted by molar-refractivity contribution is 1.30. The largest absolute Gasteiger partial charge is 0.255 e. The van der Waals surface area contributed by atoms with Gasteiger partial charge in [-0.05, 0) is 30.6 Å². The van der Waals surface area contributed by atoms with E-state index in [1.807, 2.05) is 25.1 Å². The third-order valence-corrected chi connectivity index (χ3v) is 3.02. The van der Waals surface area contributed by atoms with Gasteiger partial charge in [0.25, 0.3) is 0 Å². The third-order valence-electron chi connectivity index (χ3n) is 1.70. The Morgan fingerprint density at radius 1 is 1.38 bits per heavy atom. The molecule has 0 saturated carbocycles. The van der Waals surface area contributed by atoms with E-state index in [0.29, 0.717) is 5.02 Å². The second-order valence-corrected chi connectivity index (χ2v) is 3.97. The molecule has 4 heteroatoms. The van der Waals surface area contributed by atoms with Gasteiger partial charge >= 0.3 is 0 Å². The number of halogens is 1. The molecule has 13 heavy (non-hydrogen) atoms. The summed E-state index contributed by atoms with van der Waals surface area (Å²) in [5.41, 5.74) is 1.61. The maximum Gasteiger partial charge on any atom is 0.121 e. The number of aromatic nitrogens is 2. The number of hydrogen-bond donors (Lipinski definition) is 0. The minimum absolute atomic E-state index is 0.712. The number of pyridine rings is 1. The lowest BCUT2D eigenvalue weighted by Crippen LogP contribution is -1.81. The van der Waals surface area contributed by atoms with Crippen molar-refractivity contribution in [1.29, 1.82) is 0 Å². The molecule has 0 unspecified atom stereocenters. The van der Waals surface area contributed by atoms with E-state index in [0.717, 1.165) is 16.3 Å². The Kier molecular flexibility index (Phi) is 2.29. The minimum Gasteiger partial charge on any atom is -0.255 e. The van der Waals surface area contributed by atoms with Crippen molar-refractivity contribution in [2.75, 3.05) is 0 Å². The standard InChI is InChI=1S/C9H7ClN2S/c1-6-8(10)9(12-13-6)7-4-2-3-5-11-7/h2-5H,1H3. The second-order valence-electron chi connectivity index (χ2n) is 2.62. The molecular weight excluding hydrogens is 204 g/mol. The molecule has 0 amide bonds. The predicted molar refractivity (Wildman–Crippen MR) is 55.1 cm³/mol. The quantitative estimate of drug-likeness (QED) is 0.723. The van der Waals surface area contributed by atoms with E-state index in [9.17, 15) is 0 Å². The molecule has 0 bridgehead atoms. The zero-order valence-corrected chi connectivity index (χ0v) is 8.56. The van der Waals surface area contributed by atoms with Gasteiger partial charge in [0.1, 0.15) is 5.69 Å². The van der Waals surface area contributed by atoms with E-state index < -0.39 is 0 Å². The third kappa shape index (κ3) is 1.57. The van der Waals surface area contributed by atoms with Crippen molar-refractivity contribution in [3.63, 3.8) is 0 Å². The fourth-order valence-corrected chi connectivity index (χ4v) is 1.91. The monoisotopic (exact) mass is 210 g/mol. The molecule has 0 aliphatic carbocycles. The Morgan fingerprint density at radius 3 is 2.77 bits per heavy atom. The van der Waals surface area contributed by atoms with Gasteiger partial charge < -0.3 is 0 Å². The van der Waals surface area contributed by atoms with Gasteiger partial charge in [-0.25, -0.2) is 0 Å². The Balaban J connectivity index is 2.53. The summed E-state index contributed by atoms with van der Waals surface area (Å²) in [7, 11) is 0. The van der Waals surface area contributed by atoms with Crippen LogP contribution in [0.2, 0.25) is 5.02 Å². The Morgan fingerprint density at radius 2 is 2.23 bits per heavy atom. The number of aryl methyl sites for hydroxylation is 1. The molecule has 2 heterocycles. The van der Waals surface area contributed by atoms with Crippen LogP contribution in [0.5, 0.6) is 0 Å².